The maximum absolute atomic E-state index is 12.5. The highest BCUT2D eigenvalue weighted by atomic mass is 19.4. The van der Waals surface area contributed by atoms with E-state index in [1.54, 1.807) is 24.3 Å². The van der Waals surface area contributed by atoms with Crippen molar-refractivity contribution in [3.8, 4) is 0 Å². The molecule has 0 radical (unpaired) electrons. The molecule has 2 aromatic rings. The van der Waals surface area contributed by atoms with Crippen LogP contribution in [-0.4, -0.2) is 25.2 Å². The van der Waals surface area contributed by atoms with Crippen molar-refractivity contribution in [1.82, 2.24) is 5.32 Å². The first-order valence-corrected chi connectivity index (χ1v) is 7.66. The molecule has 26 heavy (non-hydrogen) atoms. The van der Waals surface area contributed by atoms with Gasteiger partial charge in [0.1, 0.15) is 6.04 Å². The lowest BCUT2D eigenvalue weighted by molar-refractivity contribution is -0.142. The Labute approximate surface area is 148 Å². The fourth-order valence-corrected chi connectivity index (χ4v) is 2.25. The average molecular weight is 366 g/mol. The van der Waals surface area contributed by atoms with Crippen LogP contribution in [0.15, 0.2) is 54.6 Å². The molecule has 138 valence electrons. The highest BCUT2D eigenvalue weighted by molar-refractivity contribution is 5.92. The normalized spacial score (nSPS) is 12.2. The second-order valence-corrected chi connectivity index (χ2v) is 5.44. The molecular formula is C18H17F3N2O3. The lowest BCUT2D eigenvalue weighted by Gasteiger charge is -2.17. The van der Waals surface area contributed by atoms with Gasteiger partial charge in [0.05, 0.1) is 12.7 Å². The number of alkyl halides is 3. The van der Waals surface area contributed by atoms with E-state index >= 15 is 0 Å². The largest absolute Gasteiger partial charge is 0.467 e. The molecule has 0 aliphatic rings. The molecular weight excluding hydrogens is 349 g/mol. The molecule has 2 amide bonds. The molecule has 1 atom stereocenters. The Morgan fingerprint density at radius 3 is 2.19 bits per heavy atom. The Balaban J connectivity index is 2.01. The van der Waals surface area contributed by atoms with Crippen molar-refractivity contribution in [3.63, 3.8) is 0 Å². The molecule has 0 unspecified atom stereocenters. The molecule has 0 spiro atoms. The van der Waals surface area contributed by atoms with Crippen molar-refractivity contribution in [3.05, 3.63) is 65.7 Å². The number of urea groups is 1. The summed E-state index contributed by atoms with van der Waals surface area (Å²) in [5, 5.41) is 4.85. The summed E-state index contributed by atoms with van der Waals surface area (Å²) in [5.74, 6) is -0.628. The molecule has 0 saturated heterocycles. The molecule has 0 aliphatic carbocycles. The maximum atomic E-state index is 12.5. The number of amides is 2. The molecule has 2 aromatic carbocycles. The molecule has 2 N–H and O–H groups in total. The van der Waals surface area contributed by atoms with Crippen LogP contribution in [0.2, 0.25) is 0 Å². The predicted molar refractivity (Wildman–Crippen MR) is 89.5 cm³/mol. The molecule has 2 rings (SSSR count). The van der Waals surface area contributed by atoms with Crippen LogP contribution in [0.3, 0.4) is 0 Å². The zero-order valence-electron chi connectivity index (χ0n) is 13.8. The van der Waals surface area contributed by atoms with Crippen LogP contribution >= 0.6 is 0 Å². The Hall–Kier alpha value is -3.03. The highest BCUT2D eigenvalue weighted by Crippen LogP contribution is 2.29. The third kappa shape index (κ3) is 5.51. The van der Waals surface area contributed by atoms with Gasteiger partial charge in [-0.2, -0.15) is 13.2 Å². The highest BCUT2D eigenvalue weighted by Gasteiger charge is 2.30. The Bertz CT molecular complexity index is 747. The van der Waals surface area contributed by atoms with Crippen LogP contribution in [0, 0.1) is 0 Å². The quantitative estimate of drug-likeness (QED) is 0.795. The molecule has 0 bridgehead atoms. The van der Waals surface area contributed by atoms with Gasteiger partial charge in [-0.25, -0.2) is 9.59 Å². The van der Waals surface area contributed by atoms with Crippen LogP contribution in [-0.2, 0) is 22.1 Å². The molecule has 0 aromatic heterocycles. The summed E-state index contributed by atoms with van der Waals surface area (Å²) in [7, 11) is 1.20. The van der Waals surface area contributed by atoms with Crippen molar-refractivity contribution in [2.45, 2.75) is 18.6 Å². The van der Waals surface area contributed by atoms with E-state index < -0.39 is 29.8 Å². The smallest absolute Gasteiger partial charge is 0.416 e. The molecule has 0 heterocycles. The summed E-state index contributed by atoms with van der Waals surface area (Å²) in [4.78, 5) is 23.9. The minimum absolute atomic E-state index is 0.166. The minimum atomic E-state index is -4.45. The molecule has 0 fully saturated rings. The summed E-state index contributed by atoms with van der Waals surface area (Å²) >= 11 is 0. The first kappa shape index (κ1) is 19.3. The number of ether oxygens (including phenoxy) is 1. The van der Waals surface area contributed by atoms with Crippen LogP contribution < -0.4 is 10.6 Å². The monoisotopic (exact) mass is 366 g/mol. The zero-order chi connectivity index (χ0) is 19.2. The molecule has 0 saturated carbocycles. The minimum Gasteiger partial charge on any atom is -0.467 e. The van der Waals surface area contributed by atoms with Crippen LogP contribution in [0.4, 0.5) is 23.7 Å². The zero-order valence-corrected chi connectivity index (χ0v) is 13.8. The Kier molecular flexibility index (Phi) is 6.21. The van der Waals surface area contributed by atoms with Crippen molar-refractivity contribution in [2.75, 3.05) is 12.4 Å². The maximum Gasteiger partial charge on any atom is 0.416 e. The second-order valence-electron chi connectivity index (χ2n) is 5.44. The van der Waals surface area contributed by atoms with Crippen LogP contribution in [0.5, 0.6) is 0 Å². The number of halogens is 3. The van der Waals surface area contributed by atoms with E-state index in [9.17, 15) is 22.8 Å². The number of esters is 1. The third-order valence-corrected chi connectivity index (χ3v) is 3.54. The SMILES string of the molecule is COC(=O)[C@H](Cc1ccccc1)NC(=O)Nc1ccc(C(F)(F)F)cc1. The van der Waals surface area contributed by atoms with Crippen molar-refractivity contribution in [2.24, 2.45) is 0 Å². The lowest BCUT2D eigenvalue weighted by Crippen LogP contribution is -2.45. The van der Waals surface area contributed by atoms with Crippen LogP contribution in [0.25, 0.3) is 0 Å². The fourth-order valence-electron chi connectivity index (χ4n) is 2.25. The van der Waals surface area contributed by atoms with E-state index in [0.717, 1.165) is 29.8 Å². The first-order chi connectivity index (χ1) is 12.3. The third-order valence-electron chi connectivity index (χ3n) is 3.54. The number of nitrogens with one attached hydrogen (secondary N) is 2. The van der Waals surface area contributed by atoms with Gasteiger partial charge in [0.2, 0.25) is 0 Å². The van der Waals surface area contributed by atoms with E-state index in [1.807, 2.05) is 6.07 Å². The molecule has 8 heteroatoms. The van der Waals surface area contributed by atoms with E-state index in [1.165, 1.54) is 7.11 Å². The summed E-state index contributed by atoms with van der Waals surface area (Å²) in [6, 6.07) is 11.3. The van der Waals surface area contributed by atoms with Gasteiger partial charge in [-0.1, -0.05) is 30.3 Å². The standard InChI is InChI=1S/C18H17F3N2O3/c1-26-16(24)15(11-12-5-3-2-4-6-12)23-17(25)22-14-9-7-13(8-10-14)18(19,20)21/h2-10,15H,11H2,1H3,(H2,22,23,25)/t15-/m0/s1. The number of carbonyl (C=O) groups excluding carboxylic acids is 2. The number of carbonyl (C=O) groups is 2. The summed E-state index contributed by atoms with van der Waals surface area (Å²) in [6.07, 6.45) is -4.24. The van der Waals surface area contributed by atoms with Crippen molar-refractivity contribution in [1.29, 1.82) is 0 Å². The van der Waals surface area contributed by atoms with Gasteiger partial charge in [0.15, 0.2) is 0 Å². The van der Waals surface area contributed by atoms with E-state index in [0.29, 0.717) is 0 Å². The van der Waals surface area contributed by atoms with Gasteiger partial charge >= 0.3 is 18.2 Å². The van der Waals surface area contributed by atoms with Crippen molar-refractivity contribution < 1.29 is 27.5 Å². The fraction of sp³-hybridized carbons (Fsp3) is 0.222. The first-order valence-electron chi connectivity index (χ1n) is 7.66. The van der Waals surface area contributed by atoms with Crippen molar-refractivity contribution >= 4 is 17.7 Å². The van der Waals surface area contributed by atoms with Gasteiger partial charge < -0.3 is 15.4 Å². The number of hydrogen-bond donors (Lipinski definition) is 2. The van der Waals surface area contributed by atoms with Gasteiger partial charge in [-0.3, -0.25) is 0 Å². The lowest BCUT2D eigenvalue weighted by atomic mass is 10.1. The van der Waals surface area contributed by atoms with Gasteiger partial charge in [-0.05, 0) is 29.8 Å². The van der Waals surface area contributed by atoms with E-state index in [-0.39, 0.29) is 12.1 Å². The number of hydrogen-bond acceptors (Lipinski definition) is 3. The molecule has 0 aliphatic heterocycles. The van der Waals surface area contributed by atoms with E-state index in [2.05, 4.69) is 15.4 Å². The Morgan fingerprint density at radius 2 is 1.65 bits per heavy atom. The molecule has 5 nitrogen and oxygen atoms in total. The number of methoxy groups -OCH3 is 1. The van der Waals surface area contributed by atoms with Gasteiger partial charge in [0, 0.05) is 12.1 Å². The summed E-state index contributed by atoms with van der Waals surface area (Å²) in [5.41, 5.74) is 0.163. The van der Waals surface area contributed by atoms with E-state index in [4.69, 9.17) is 0 Å². The average Bonchev–Trinajstić information content (AvgIpc) is 2.61. The number of rotatable bonds is 5. The topological polar surface area (TPSA) is 67.4 Å². The predicted octanol–water partition coefficient (Wildman–Crippen LogP) is 3.61. The van der Waals surface area contributed by atoms with Crippen LogP contribution in [0.1, 0.15) is 11.1 Å². The number of anilines is 1. The summed E-state index contributed by atoms with van der Waals surface area (Å²) < 4.78 is 42.3. The van der Waals surface area contributed by atoms with Gasteiger partial charge in [0.25, 0.3) is 0 Å². The van der Waals surface area contributed by atoms with Gasteiger partial charge in [-0.15, -0.1) is 0 Å². The number of benzene rings is 2. The summed E-state index contributed by atoms with van der Waals surface area (Å²) in [6.45, 7) is 0. The Morgan fingerprint density at radius 1 is 1.04 bits per heavy atom. The second kappa shape index (κ2) is 8.37.